The van der Waals surface area contributed by atoms with Crippen molar-refractivity contribution in [1.82, 2.24) is 0 Å². The quantitative estimate of drug-likeness (QED) is 0.0347. The van der Waals surface area contributed by atoms with E-state index in [2.05, 4.69) is 34.6 Å². The summed E-state index contributed by atoms with van der Waals surface area (Å²) >= 11 is 0. The van der Waals surface area contributed by atoms with Crippen molar-refractivity contribution in [3.8, 4) is 0 Å². The third-order valence-corrected chi connectivity index (χ3v) is 11.2. The van der Waals surface area contributed by atoms with Crippen LogP contribution in [0.5, 0.6) is 0 Å². The topological polar surface area (TPSA) is 78.9 Å². The summed E-state index contributed by atoms with van der Waals surface area (Å²) in [5.74, 6) is 0.751. The van der Waals surface area contributed by atoms with Gasteiger partial charge in [0, 0.05) is 19.3 Å². The van der Waals surface area contributed by atoms with Gasteiger partial charge in [-0.25, -0.2) is 0 Å². The second-order valence-corrected chi connectivity index (χ2v) is 18.1. The predicted molar refractivity (Wildman–Crippen MR) is 238 cm³/mol. The number of hydrogen-bond donors (Lipinski definition) is 0. The number of esters is 3. The number of ether oxygens (including phenoxy) is 3. The van der Waals surface area contributed by atoms with E-state index in [1.165, 1.54) is 161 Å². The Morgan fingerprint density at radius 2 is 0.589 bits per heavy atom. The Morgan fingerprint density at radius 1 is 0.339 bits per heavy atom. The maximum atomic E-state index is 12.7. The summed E-state index contributed by atoms with van der Waals surface area (Å²) in [6, 6.07) is 0. The zero-order valence-electron chi connectivity index (χ0n) is 38.3. The molecule has 56 heavy (non-hydrogen) atoms. The summed E-state index contributed by atoms with van der Waals surface area (Å²) < 4.78 is 16.7. The summed E-state index contributed by atoms with van der Waals surface area (Å²) in [6.45, 7) is 11.3. The van der Waals surface area contributed by atoms with Crippen molar-refractivity contribution in [3.63, 3.8) is 0 Å². The lowest BCUT2D eigenvalue weighted by molar-refractivity contribution is -0.167. The minimum Gasteiger partial charge on any atom is -0.462 e. The molecule has 0 heterocycles. The summed E-state index contributed by atoms with van der Waals surface area (Å²) in [4.78, 5) is 37.8. The van der Waals surface area contributed by atoms with E-state index in [-0.39, 0.29) is 31.1 Å². The van der Waals surface area contributed by atoms with E-state index in [9.17, 15) is 14.4 Å². The molecule has 0 saturated heterocycles. The number of hydrogen-bond acceptors (Lipinski definition) is 6. The monoisotopic (exact) mass is 793 g/mol. The zero-order chi connectivity index (χ0) is 41.2. The first-order valence-corrected chi connectivity index (χ1v) is 24.7. The minimum atomic E-state index is -0.761. The van der Waals surface area contributed by atoms with E-state index in [0.29, 0.717) is 19.3 Å². The van der Waals surface area contributed by atoms with Crippen LogP contribution < -0.4 is 0 Å². The Labute approximate surface area is 348 Å². The molecule has 0 saturated carbocycles. The molecular formula is C50H96O6. The number of carbonyl (C=O) groups is 3. The molecule has 0 bridgehead atoms. The van der Waals surface area contributed by atoms with Gasteiger partial charge >= 0.3 is 17.9 Å². The lowest BCUT2D eigenvalue weighted by Crippen LogP contribution is -2.30. The van der Waals surface area contributed by atoms with Crippen molar-refractivity contribution >= 4 is 17.9 Å². The van der Waals surface area contributed by atoms with E-state index in [1.54, 1.807) is 0 Å². The summed E-state index contributed by atoms with van der Waals surface area (Å²) in [6.07, 6.45) is 42.5. The van der Waals surface area contributed by atoms with Crippen LogP contribution >= 0.6 is 0 Å². The molecule has 0 aliphatic rings. The van der Waals surface area contributed by atoms with Gasteiger partial charge < -0.3 is 14.2 Å². The van der Waals surface area contributed by atoms with Crippen LogP contribution in [0.4, 0.5) is 0 Å². The zero-order valence-corrected chi connectivity index (χ0v) is 38.3. The fourth-order valence-electron chi connectivity index (χ4n) is 7.46. The van der Waals surface area contributed by atoms with Crippen LogP contribution in [0.2, 0.25) is 0 Å². The van der Waals surface area contributed by atoms with Gasteiger partial charge in [-0.2, -0.15) is 0 Å². The molecule has 6 heteroatoms. The van der Waals surface area contributed by atoms with E-state index in [0.717, 1.165) is 69.6 Å². The Balaban J connectivity index is 4.22. The molecule has 1 atom stereocenters. The van der Waals surface area contributed by atoms with Crippen LogP contribution in [-0.2, 0) is 28.6 Å². The molecule has 0 aliphatic carbocycles. The second kappa shape index (κ2) is 43.0. The van der Waals surface area contributed by atoms with Gasteiger partial charge in [0.25, 0.3) is 0 Å². The maximum Gasteiger partial charge on any atom is 0.306 e. The molecular weight excluding hydrogens is 697 g/mol. The molecule has 0 radical (unpaired) electrons. The largest absolute Gasteiger partial charge is 0.462 e. The smallest absolute Gasteiger partial charge is 0.306 e. The van der Waals surface area contributed by atoms with Crippen molar-refractivity contribution in [2.75, 3.05) is 13.2 Å². The molecule has 0 spiro atoms. The third-order valence-electron chi connectivity index (χ3n) is 11.2. The molecule has 0 aromatic carbocycles. The standard InChI is InChI=1S/C50H96O6/c1-6-7-8-9-10-11-17-21-24-30-35-40-48(51)54-43-47(56-50(53)42-37-32-27-26-29-34-39-46(4)5)44-55-49(52)41-36-31-25-22-19-16-14-12-13-15-18-20-23-28-33-38-45(2)3/h45-47H,6-44H2,1-5H3/t47-/m1/s1. The number of unbranched alkanes of at least 4 members (excludes halogenated alkanes) is 29. The van der Waals surface area contributed by atoms with Gasteiger partial charge in [-0.05, 0) is 31.1 Å². The van der Waals surface area contributed by atoms with Crippen molar-refractivity contribution in [3.05, 3.63) is 0 Å². The molecule has 0 rings (SSSR count). The van der Waals surface area contributed by atoms with Crippen molar-refractivity contribution < 1.29 is 28.6 Å². The van der Waals surface area contributed by atoms with Gasteiger partial charge in [0.15, 0.2) is 6.10 Å². The van der Waals surface area contributed by atoms with Gasteiger partial charge in [0.2, 0.25) is 0 Å². The molecule has 0 aromatic heterocycles. The fraction of sp³-hybridized carbons (Fsp3) is 0.940. The summed E-state index contributed by atoms with van der Waals surface area (Å²) in [7, 11) is 0. The van der Waals surface area contributed by atoms with Crippen LogP contribution in [0.3, 0.4) is 0 Å². The second-order valence-electron chi connectivity index (χ2n) is 18.1. The lowest BCUT2D eigenvalue weighted by atomic mass is 10.0. The average Bonchev–Trinajstić information content (AvgIpc) is 3.16. The first-order valence-electron chi connectivity index (χ1n) is 24.7. The minimum absolute atomic E-state index is 0.0650. The van der Waals surface area contributed by atoms with Crippen LogP contribution in [0.25, 0.3) is 0 Å². The van der Waals surface area contributed by atoms with E-state index < -0.39 is 6.10 Å². The highest BCUT2D eigenvalue weighted by atomic mass is 16.6. The van der Waals surface area contributed by atoms with Gasteiger partial charge in [0.05, 0.1) is 0 Å². The van der Waals surface area contributed by atoms with Crippen molar-refractivity contribution in [1.29, 1.82) is 0 Å². The molecule has 0 unspecified atom stereocenters. The van der Waals surface area contributed by atoms with E-state index in [1.807, 2.05) is 0 Å². The Bertz CT molecular complexity index is 854. The first kappa shape index (κ1) is 54.4. The average molecular weight is 793 g/mol. The Morgan fingerprint density at radius 3 is 0.875 bits per heavy atom. The highest BCUT2D eigenvalue weighted by Crippen LogP contribution is 2.17. The third kappa shape index (κ3) is 43.5. The number of rotatable bonds is 44. The highest BCUT2D eigenvalue weighted by molar-refractivity contribution is 5.71. The molecule has 332 valence electrons. The summed E-state index contributed by atoms with van der Waals surface area (Å²) in [5, 5.41) is 0. The first-order chi connectivity index (χ1) is 27.2. The molecule has 0 N–H and O–H groups in total. The van der Waals surface area contributed by atoms with Crippen LogP contribution in [0, 0.1) is 11.8 Å². The normalized spacial score (nSPS) is 12.1. The van der Waals surface area contributed by atoms with Crippen LogP contribution in [0.15, 0.2) is 0 Å². The maximum absolute atomic E-state index is 12.7. The lowest BCUT2D eigenvalue weighted by Gasteiger charge is -2.18. The van der Waals surface area contributed by atoms with Crippen LogP contribution in [-0.4, -0.2) is 37.2 Å². The van der Waals surface area contributed by atoms with Crippen LogP contribution in [0.1, 0.15) is 272 Å². The predicted octanol–water partition coefficient (Wildman–Crippen LogP) is 15.8. The van der Waals surface area contributed by atoms with Crippen molar-refractivity contribution in [2.24, 2.45) is 11.8 Å². The molecule has 6 nitrogen and oxygen atoms in total. The summed E-state index contributed by atoms with van der Waals surface area (Å²) in [5.41, 5.74) is 0. The SMILES string of the molecule is CCCCCCCCCCCCCC(=O)OC[C@H](COC(=O)CCCCCCCCCCCCCCCCCC(C)C)OC(=O)CCCCCCCCC(C)C. The molecule has 0 fully saturated rings. The van der Waals surface area contributed by atoms with E-state index >= 15 is 0 Å². The Kier molecular flexibility index (Phi) is 41.8. The molecule has 0 aromatic rings. The van der Waals surface area contributed by atoms with E-state index in [4.69, 9.17) is 14.2 Å². The Hall–Kier alpha value is -1.59. The fourth-order valence-corrected chi connectivity index (χ4v) is 7.46. The molecule has 0 amide bonds. The number of carbonyl (C=O) groups excluding carboxylic acids is 3. The van der Waals surface area contributed by atoms with Gasteiger partial charge in [-0.3, -0.25) is 14.4 Å². The highest BCUT2D eigenvalue weighted by Gasteiger charge is 2.19. The van der Waals surface area contributed by atoms with Gasteiger partial charge in [-0.1, -0.05) is 234 Å². The van der Waals surface area contributed by atoms with Gasteiger partial charge in [0.1, 0.15) is 13.2 Å². The molecule has 0 aliphatic heterocycles. The van der Waals surface area contributed by atoms with Gasteiger partial charge in [-0.15, -0.1) is 0 Å². The van der Waals surface area contributed by atoms with Crippen molar-refractivity contribution in [2.45, 2.75) is 278 Å².